The molecule has 1 aromatic rings. The first-order chi connectivity index (χ1) is 8.45. The van der Waals surface area contributed by atoms with Crippen molar-refractivity contribution in [1.82, 2.24) is 5.32 Å². The number of nitro benzene ring substituents is 1. The summed E-state index contributed by atoms with van der Waals surface area (Å²) in [5, 5.41) is 14.3. The minimum Gasteiger partial charge on any atom is -0.311 e. The van der Waals surface area contributed by atoms with Gasteiger partial charge in [0.05, 0.1) is 10.5 Å². The van der Waals surface area contributed by atoms with E-state index in [1.807, 2.05) is 32.9 Å². The molecule has 0 aromatic heterocycles. The van der Waals surface area contributed by atoms with Crippen molar-refractivity contribution in [2.45, 2.75) is 26.8 Å². The van der Waals surface area contributed by atoms with E-state index >= 15 is 0 Å². The molecular weight excluding hydrogens is 296 g/mol. The maximum Gasteiger partial charge on any atom is 0.277 e. The van der Waals surface area contributed by atoms with Gasteiger partial charge in [-0.2, -0.15) is 0 Å². The van der Waals surface area contributed by atoms with Crippen LogP contribution in [0.4, 0.5) is 5.69 Å². The molecule has 1 N–H and O–H groups in total. The van der Waals surface area contributed by atoms with Crippen LogP contribution in [0.25, 0.3) is 6.08 Å². The van der Waals surface area contributed by atoms with Gasteiger partial charge in [-0.05, 0) is 38.6 Å². The zero-order valence-corrected chi connectivity index (χ0v) is 12.3. The summed E-state index contributed by atoms with van der Waals surface area (Å²) in [4.78, 5) is 10.6. The van der Waals surface area contributed by atoms with Crippen molar-refractivity contribution in [2.75, 3.05) is 6.54 Å². The Hall–Kier alpha value is -1.20. The molecule has 1 unspecified atom stereocenters. The van der Waals surface area contributed by atoms with Gasteiger partial charge in [-0.3, -0.25) is 10.1 Å². The number of rotatable bonds is 5. The van der Waals surface area contributed by atoms with Crippen molar-refractivity contribution in [1.29, 1.82) is 0 Å². The van der Waals surface area contributed by atoms with Gasteiger partial charge in [0.1, 0.15) is 0 Å². The summed E-state index contributed by atoms with van der Waals surface area (Å²) < 4.78 is 0.712. The SMILES string of the molecule is CCNC(C)/C(C)=C/c1ccc(Br)cc1[N+](=O)[O-]. The minimum atomic E-state index is -0.359. The number of hydrogen-bond acceptors (Lipinski definition) is 3. The van der Waals surface area contributed by atoms with Crippen LogP contribution in [0.15, 0.2) is 28.2 Å². The minimum absolute atomic E-state index is 0.118. The number of likely N-dealkylation sites (N-methyl/N-ethyl adjacent to an activating group) is 1. The monoisotopic (exact) mass is 312 g/mol. The van der Waals surface area contributed by atoms with Gasteiger partial charge in [0.25, 0.3) is 5.69 Å². The summed E-state index contributed by atoms with van der Waals surface area (Å²) in [5.41, 5.74) is 1.82. The Kier molecular flexibility index (Phi) is 5.50. The highest BCUT2D eigenvalue weighted by molar-refractivity contribution is 9.10. The van der Waals surface area contributed by atoms with Crippen LogP contribution in [0.1, 0.15) is 26.3 Å². The van der Waals surface area contributed by atoms with E-state index in [0.717, 1.165) is 12.1 Å². The van der Waals surface area contributed by atoms with Crippen molar-refractivity contribution in [3.63, 3.8) is 0 Å². The number of nitrogens with zero attached hydrogens (tertiary/aromatic N) is 1. The Labute approximate surface area is 115 Å². The molecule has 0 fully saturated rings. The molecule has 0 aliphatic rings. The molecule has 0 radical (unpaired) electrons. The normalized spacial score (nSPS) is 13.4. The van der Waals surface area contributed by atoms with Crippen molar-refractivity contribution >= 4 is 27.7 Å². The van der Waals surface area contributed by atoms with Crippen molar-refractivity contribution in [3.05, 3.63) is 43.9 Å². The predicted molar refractivity (Wildman–Crippen MR) is 77.6 cm³/mol. The van der Waals surface area contributed by atoms with Crippen molar-refractivity contribution < 1.29 is 4.92 Å². The Balaban J connectivity index is 3.10. The summed E-state index contributed by atoms with van der Waals surface area (Å²) in [6, 6.07) is 5.30. The molecule has 0 saturated carbocycles. The summed E-state index contributed by atoms with van der Waals surface area (Å²) in [6.07, 6.45) is 1.86. The van der Waals surface area contributed by atoms with E-state index in [1.165, 1.54) is 6.07 Å². The Morgan fingerprint density at radius 1 is 1.61 bits per heavy atom. The first-order valence-electron chi connectivity index (χ1n) is 5.81. The highest BCUT2D eigenvalue weighted by Crippen LogP contribution is 2.25. The third-order valence-corrected chi connectivity index (χ3v) is 3.26. The van der Waals surface area contributed by atoms with E-state index in [2.05, 4.69) is 21.2 Å². The second kappa shape index (κ2) is 6.66. The van der Waals surface area contributed by atoms with E-state index in [4.69, 9.17) is 0 Å². The first kappa shape index (κ1) is 14.9. The molecular formula is C13H17BrN2O2. The van der Waals surface area contributed by atoms with E-state index in [0.29, 0.717) is 10.0 Å². The van der Waals surface area contributed by atoms with Crippen LogP contribution in [0.2, 0.25) is 0 Å². The van der Waals surface area contributed by atoms with Crippen LogP contribution >= 0.6 is 15.9 Å². The lowest BCUT2D eigenvalue weighted by atomic mass is 10.1. The lowest BCUT2D eigenvalue weighted by Crippen LogP contribution is -2.26. The number of nitro groups is 1. The fraction of sp³-hybridized carbons (Fsp3) is 0.385. The Bertz CT molecular complexity index is 472. The third-order valence-electron chi connectivity index (χ3n) is 2.77. The van der Waals surface area contributed by atoms with Gasteiger partial charge >= 0.3 is 0 Å². The van der Waals surface area contributed by atoms with Gasteiger partial charge in [-0.25, -0.2) is 0 Å². The summed E-state index contributed by atoms with van der Waals surface area (Å²) in [5.74, 6) is 0. The Morgan fingerprint density at radius 3 is 2.83 bits per heavy atom. The van der Waals surface area contributed by atoms with Gasteiger partial charge in [-0.15, -0.1) is 0 Å². The number of benzene rings is 1. The number of nitrogens with one attached hydrogen (secondary N) is 1. The van der Waals surface area contributed by atoms with Gasteiger partial charge in [0, 0.05) is 16.6 Å². The van der Waals surface area contributed by atoms with Crippen LogP contribution in [0.3, 0.4) is 0 Å². The van der Waals surface area contributed by atoms with E-state index < -0.39 is 0 Å². The maximum absolute atomic E-state index is 11.0. The van der Waals surface area contributed by atoms with E-state index in [1.54, 1.807) is 6.07 Å². The average molecular weight is 313 g/mol. The molecule has 0 amide bonds. The molecule has 4 nitrogen and oxygen atoms in total. The topological polar surface area (TPSA) is 55.2 Å². The zero-order valence-electron chi connectivity index (χ0n) is 10.7. The van der Waals surface area contributed by atoms with Crippen LogP contribution < -0.4 is 5.32 Å². The fourth-order valence-electron chi connectivity index (χ4n) is 1.63. The second-order valence-corrected chi connectivity index (χ2v) is 5.04. The molecule has 1 aromatic carbocycles. The zero-order chi connectivity index (χ0) is 13.7. The molecule has 1 atom stereocenters. The predicted octanol–water partition coefficient (Wildman–Crippen LogP) is 3.76. The lowest BCUT2D eigenvalue weighted by Gasteiger charge is -2.13. The first-order valence-corrected chi connectivity index (χ1v) is 6.60. The third kappa shape index (κ3) is 3.92. The van der Waals surface area contributed by atoms with Crippen LogP contribution in [-0.4, -0.2) is 17.5 Å². The van der Waals surface area contributed by atoms with Crippen LogP contribution in [0.5, 0.6) is 0 Å². The molecule has 0 bridgehead atoms. The van der Waals surface area contributed by atoms with Crippen LogP contribution in [0, 0.1) is 10.1 Å². The van der Waals surface area contributed by atoms with E-state index in [-0.39, 0.29) is 16.7 Å². The summed E-state index contributed by atoms with van der Waals surface area (Å²) in [6.45, 7) is 6.92. The number of hydrogen-bond donors (Lipinski definition) is 1. The standard InChI is InChI=1S/C13H17BrN2O2/c1-4-15-10(3)9(2)7-11-5-6-12(14)8-13(11)16(17)18/h5-8,10,15H,4H2,1-3H3/b9-7+. The van der Waals surface area contributed by atoms with Crippen LogP contribution in [-0.2, 0) is 0 Å². The van der Waals surface area contributed by atoms with Gasteiger partial charge in [0.2, 0.25) is 0 Å². The highest BCUT2D eigenvalue weighted by atomic mass is 79.9. The molecule has 0 spiro atoms. The molecule has 98 valence electrons. The number of halogens is 1. The fourth-order valence-corrected chi connectivity index (χ4v) is 1.98. The summed E-state index contributed by atoms with van der Waals surface area (Å²) in [7, 11) is 0. The largest absolute Gasteiger partial charge is 0.311 e. The molecule has 0 aliphatic carbocycles. The Morgan fingerprint density at radius 2 is 2.28 bits per heavy atom. The molecule has 0 heterocycles. The van der Waals surface area contributed by atoms with Gasteiger partial charge < -0.3 is 5.32 Å². The quantitative estimate of drug-likeness (QED) is 0.665. The molecule has 0 saturated heterocycles. The van der Waals surface area contributed by atoms with Crippen molar-refractivity contribution in [3.8, 4) is 0 Å². The van der Waals surface area contributed by atoms with E-state index in [9.17, 15) is 10.1 Å². The average Bonchev–Trinajstić information content (AvgIpc) is 2.31. The van der Waals surface area contributed by atoms with Gasteiger partial charge in [-0.1, -0.05) is 28.4 Å². The highest BCUT2D eigenvalue weighted by Gasteiger charge is 2.13. The summed E-state index contributed by atoms with van der Waals surface area (Å²) >= 11 is 3.25. The smallest absolute Gasteiger partial charge is 0.277 e. The van der Waals surface area contributed by atoms with Gasteiger partial charge in [0.15, 0.2) is 0 Å². The lowest BCUT2D eigenvalue weighted by molar-refractivity contribution is -0.385. The molecule has 0 aliphatic heterocycles. The maximum atomic E-state index is 11.0. The van der Waals surface area contributed by atoms with Crippen molar-refractivity contribution in [2.24, 2.45) is 0 Å². The molecule has 1 rings (SSSR count). The molecule has 18 heavy (non-hydrogen) atoms. The molecule has 5 heteroatoms. The second-order valence-electron chi connectivity index (χ2n) is 4.13.